The largest absolute Gasteiger partial charge is 0.368 e. The third kappa shape index (κ3) is 3.60. The summed E-state index contributed by atoms with van der Waals surface area (Å²) in [6, 6.07) is 0. The maximum atomic E-state index is 5.05. The number of nitrogens with two attached hydrogens (primary N) is 1. The molecule has 1 saturated carbocycles. The molecule has 1 aromatic heterocycles. The second-order valence-corrected chi connectivity index (χ2v) is 2.64. The average molecular weight is 154 g/mol. The van der Waals surface area contributed by atoms with Crippen LogP contribution in [0.4, 0.5) is 5.95 Å². The van der Waals surface area contributed by atoms with Gasteiger partial charge in [-0.1, -0.05) is 32.1 Å². The number of hydrogen-bond acceptors (Lipinski definition) is 3. The van der Waals surface area contributed by atoms with Crippen molar-refractivity contribution in [3.8, 4) is 0 Å². The quantitative estimate of drug-likeness (QED) is 0.592. The van der Waals surface area contributed by atoms with E-state index in [2.05, 4.69) is 15.2 Å². The second kappa shape index (κ2) is 4.71. The fourth-order valence-electron chi connectivity index (χ4n) is 1.10. The van der Waals surface area contributed by atoms with E-state index in [0.29, 0.717) is 5.95 Å². The Morgan fingerprint density at radius 2 is 1.73 bits per heavy atom. The number of nitrogens with one attached hydrogen (secondary N) is 1. The first kappa shape index (κ1) is 8.04. The van der Waals surface area contributed by atoms with Crippen molar-refractivity contribution in [3.05, 3.63) is 6.33 Å². The number of aromatic amines is 1. The molecule has 4 nitrogen and oxygen atoms in total. The fourth-order valence-corrected chi connectivity index (χ4v) is 1.10. The van der Waals surface area contributed by atoms with Gasteiger partial charge in [0.25, 0.3) is 0 Å². The first-order chi connectivity index (χ1) is 5.39. The Morgan fingerprint density at radius 1 is 1.18 bits per heavy atom. The Labute approximate surface area is 66.2 Å². The van der Waals surface area contributed by atoms with Gasteiger partial charge in [-0.05, 0) is 0 Å². The number of nitrogens with zero attached hydrogens (tertiary/aromatic N) is 2. The normalized spacial score (nSPS) is 15.6. The zero-order valence-electron chi connectivity index (χ0n) is 6.58. The summed E-state index contributed by atoms with van der Waals surface area (Å²) in [6.07, 6.45) is 8.86. The number of nitrogen functional groups attached to an aromatic ring is 1. The lowest BCUT2D eigenvalue weighted by Gasteiger charge is -1.68. The van der Waals surface area contributed by atoms with Crippen molar-refractivity contribution >= 4 is 5.95 Å². The third-order valence-electron chi connectivity index (χ3n) is 1.68. The predicted molar refractivity (Wildman–Crippen MR) is 43.9 cm³/mol. The maximum absolute atomic E-state index is 5.05. The zero-order valence-corrected chi connectivity index (χ0v) is 6.58. The molecule has 62 valence electrons. The van der Waals surface area contributed by atoms with Gasteiger partial charge in [-0.2, -0.15) is 5.10 Å². The van der Waals surface area contributed by atoms with E-state index in [-0.39, 0.29) is 0 Å². The maximum Gasteiger partial charge on any atom is 0.215 e. The van der Waals surface area contributed by atoms with Crippen molar-refractivity contribution in [2.75, 3.05) is 5.73 Å². The summed E-state index contributed by atoms with van der Waals surface area (Å²) in [5, 5.41) is 5.88. The van der Waals surface area contributed by atoms with E-state index in [1.165, 1.54) is 38.4 Å². The minimum Gasteiger partial charge on any atom is -0.368 e. The van der Waals surface area contributed by atoms with Crippen molar-refractivity contribution in [1.29, 1.82) is 0 Å². The molecule has 3 N–H and O–H groups in total. The highest BCUT2D eigenvalue weighted by atomic mass is 15.2. The van der Waals surface area contributed by atoms with Crippen LogP contribution in [0.1, 0.15) is 32.1 Å². The van der Waals surface area contributed by atoms with Crippen molar-refractivity contribution in [1.82, 2.24) is 15.2 Å². The van der Waals surface area contributed by atoms with E-state index in [0.717, 1.165) is 0 Å². The molecule has 1 aliphatic carbocycles. The van der Waals surface area contributed by atoms with Crippen molar-refractivity contribution in [2.24, 2.45) is 0 Å². The van der Waals surface area contributed by atoms with Gasteiger partial charge in [0.15, 0.2) is 0 Å². The highest BCUT2D eigenvalue weighted by Gasteiger charge is 1.95. The molecule has 2 rings (SSSR count). The minimum atomic E-state index is 0.356. The van der Waals surface area contributed by atoms with Crippen molar-refractivity contribution in [2.45, 2.75) is 32.1 Å². The molecule has 1 aromatic rings. The molecule has 0 aliphatic heterocycles. The van der Waals surface area contributed by atoms with Gasteiger partial charge in [-0.25, -0.2) is 10.1 Å². The molecule has 0 unspecified atom stereocenters. The van der Waals surface area contributed by atoms with Crippen LogP contribution in [-0.4, -0.2) is 15.2 Å². The van der Waals surface area contributed by atoms with Crippen LogP contribution in [0.2, 0.25) is 0 Å². The van der Waals surface area contributed by atoms with Crippen LogP contribution in [0.15, 0.2) is 6.33 Å². The number of aromatic nitrogens is 3. The molecule has 0 spiro atoms. The standard InChI is InChI=1S/C5H10.C2H4N4/c1-2-4-5-3-1;3-2-4-1-5-6-2/h1-5H2;1H,(H3,3,4,5,6). The monoisotopic (exact) mass is 154 g/mol. The lowest BCUT2D eigenvalue weighted by atomic mass is 10.4. The van der Waals surface area contributed by atoms with Crippen molar-refractivity contribution < 1.29 is 0 Å². The number of rotatable bonds is 0. The highest BCUT2D eigenvalue weighted by molar-refractivity contribution is 5.07. The van der Waals surface area contributed by atoms with Crippen LogP contribution < -0.4 is 5.73 Å². The van der Waals surface area contributed by atoms with E-state index in [1.54, 1.807) is 0 Å². The van der Waals surface area contributed by atoms with E-state index in [4.69, 9.17) is 5.73 Å². The van der Waals surface area contributed by atoms with Crippen LogP contribution in [0.3, 0.4) is 0 Å². The Hall–Kier alpha value is -1.06. The van der Waals surface area contributed by atoms with E-state index >= 15 is 0 Å². The summed E-state index contributed by atoms with van der Waals surface area (Å²) < 4.78 is 0. The third-order valence-corrected chi connectivity index (χ3v) is 1.68. The predicted octanol–water partition coefficient (Wildman–Crippen LogP) is 1.34. The fraction of sp³-hybridized carbons (Fsp3) is 0.714. The molecular formula is C7H14N4. The van der Waals surface area contributed by atoms with Gasteiger partial charge in [-0.15, -0.1) is 0 Å². The minimum absolute atomic E-state index is 0.356. The van der Waals surface area contributed by atoms with Gasteiger partial charge in [0.1, 0.15) is 6.33 Å². The molecular weight excluding hydrogens is 140 g/mol. The molecule has 0 amide bonds. The molecule has 1 heterocycles. The molecule has 1 fully saturated rings. The number of H-pyrrole nitrogens is 1. The molecule has 1 aliphatic rings. The SMILES string of the molecule is C1CCCC1.Nc1ncn[nH]1. The van der Waals surface area contributed by atoms with Crippen LogP contribution >= 0.6 is 0 Å². The zero-order chi connectivity index (χ0) is 7.94. The van der Waals surface area contributed by atoms with Gasteiger partial charge in [0.2, 0.25) is 5.95 Å². The summed E-state index contributed by atoms with van der Waals surface area (Å²) in [4.78, 5) is 3.53. The lowest BCUT2D eigenvalue weighted by molar-refractivity contribution is 0.886. The first-order valence-electron chi connectivity index (χ1n) is 4.00. The molecule has 0 atom stereocenters. The van der Waals surface area contributed by atoms with Crippen molar-refractivity contribution in [3.63, 3.8) is 0 Å². The average Bonchev–Trinajstić information content (AvgIpc) is 2.57. The topological polar surface area (TPSA) is 67.6 Å². The number of hydrogen-bond donors (Lipinski definition) is 2. The second-order valence-electron chi connectivity index (χ2n) is 2.64. The number of anilines is 1. The van der Waals surface area contributed by atoms with E-state index in [9.17, 15) is 0 Å². The smallest absolute Gasteiger partial charge is 0.215 e. The van der Waals surface area contributed by atoms with Gasteiger partial charge >= 0.3 is 0 Å². The Kier molecular flexibility index (Phi) is 3.44. The molecule has 0 saturated heterocycles. The van der Waals surface area contributed by atoms with Gasteiger partial charge in [0, 0.05) is 0 Å². The molecule has 4 heteroatoms. The van der Waals surface area contributed by atoms with Crippen LogP contribution in [0.25, 0.3) is 0 Å². The lowest BCUT2D eigenvalue weighted by Crippen LogP contribution is -1.84. The molecule has 0 aromatic carbocycles. The van der Waals surface area contributed by atoms with Gasteiger partial charge in [-0.3, -0.25) is 0 Å². The molecule has 0 bridgehead atoms. The molecule has 11 heavy (non-hydrogen) atoms. The highest BCUT2D eigenvalue weighted by Crippen LogP contribution is 2.15. The van der Waals surface area contributed by atoms with Crippen LogP contribution in [-0.2, 0) is 0 Å². The van der Waals surface area contributed by atoms with E-state index < -0.39 is 0 Å². The summed E-state index contributed by atoms with van der Waals surface area (Å²) in [5.74, 6) is 0.356. The Bertz CT molecular complexity index is 159. The summed E-state index contributed by atoms with van der Waals surface area (Å²) in [7, 11) is 0. The summed E-state index contributed by atoms with van der Waals surface area (Å²) in [6.45, 7) is 0. The Morgan fingerprint density at radius 3 is 1.91 bits per heavy atom. The first-order valence-corrected chi connectivity index (χ1v) is 4.00. The van der Waals surface area contributed by atoms with Gasteiger partial charge in [0.05, 0.1) is 0 Å². The van der Waals surface area contributed by atoms with Crippen LogP contribution in [0.5, 0.6) is 0 Å². The molecule has 0 radical (unpaired) electrons. The Balaban J connectivity index is 0.000000112. The van der Waals surface area contributed by atoms with Gasteiger partial charge < -0.3 is 5.73 Å². The summed E-state index contributed by atoms with van der Waals surface area (Å²) in [5.41, 5.74) is 5.05. The van der Waals surface area contributed by atoms with Crippen LogP contribution in [0, 0.1) is 0 Å². The van der Waals surface area contributed by atoms with E-state index in [1.807, 2.05) is 0 Å². The summed E-state index contributed by atoms with van der Waals surface area (Å²) >= 11 is 0.